The highest BCUT2D eigenvalue weighted by Gasteiger charge is 2.14. The molecule has 0 amide bonds. The second kappa shape index (κ2) is 4.96. The van der Waals surface area contributed by atoms with E-state index in [2.05, 4.69) is 16.7 Å². The van der Waals surface area contributed by atoms with Crippen LogP contribution in [0.15, 0.2) is 10.3 Å². The van der Waals surface area contributed by atoms with E-state index in [1.165, 1.54) is 34.8 Å². The molecule has 0 N–H and O–H groups in total. The van der Waals surface area contributed by atoms with Crippen LogP contribution in [0.25, 0.3) is 0 Å². The van der Waals surface area contributed by atoms with Crippen LogP contribution < -0.4 is 9.25 Å². The maximum atomic E-state index is 8.47. The highest BCUT2D eigenvalue weighted by atomic mass is 32.9. The summed E-state index contributed by atoms with van der Waals surface area (Å²) in [4.78, 5) is 0. The zero-order valence-electron chi connectivity index (χ0n) is 7.73. The maximum absolute atomic E-state index is 8.47. The summed E-state index contributed by atoms with van der Waals surface area (Å²) in [5.41, 5.74) is 0. The molecule has 1 fully saturated rings. The summed E-state index contributed by atoms with van der Waals surface area (Å²) in [6.07, 6.45) is 2.65. The average Bonchev–Trinajstić information content (AvgIpc) is 2.85. The minimum atomic E-state index is 0.562. The smallest absolute Gasteiger partial charge is 0.220 e. The zero-order chi connectivity index (χ0) is 9.80. The zero-order valence-corrected chi connectivity index (χ0v) is 10.2. The van der Waals surface area contributed by atoms with Crippen molar-refractivity contribution in [3.05, 3.63) is 10.7 Å². The molecule has 5 heteroatoms. The molecule has 1 aliphatic rings. The van der Waals surface area contributed by atoms with Crippen molar-refractivity contribution in [2.75, 3.05) is 18.8 Å². The predicted octanol–water partition coefficient (Wildman–Crippen LogP) is 1.99. The van der Waals surface area contributed by atoms with Crippen molar-refractivity contribution in [2.45, 2.75) is 17.1 Å². The lowest BCUT2D eigenvalue weighted by Crippen LogP contribution is -2.23. The molecule has 0 unspecified atom stereocenters. The number of hydrogen-bond donors (Lipinski definition) is 0. The molecule has 0 saturated carbocycles. The third kappa shape index (κ3) is 2.38. The number of rotatable bonds is 2. The minimum absolute atomic E-state index is 0.562. The first-order valence-corrected chi connectivity index (χ1v) is 7.71. The van der Waals surface area contributed by atoms with Crippen molar-refractivity contribution >= 4 is 32.4 Å². The first-order valence-electron chi connectivity index (χ1n) is 4.58. The fraction of sp³-hybridized carbons (Fsp3) is 0.556. The molecule has 1 saturated heterocycles. The van der Waals surface area contributed by atoms with Gasteiger partial charge in [0.1, 0.15) is 13.1 Å². The topological polar surface area (TPSA) is 26.8 Å². The quantitative estimate of drug-likeness (QED) is 0.451. The molecule has 2 rings (SSSR count). The van der Waals surface area contributed by atoms with Gasteiger partial charge in [-0.1, -0.05) is 22.1 Å². The molecule has 1 aromatic rings. The average molecular weight is 243 g/mol. The molecule has 0 atom stereocenters. The van der Waals surface area contributed by atoms with Crippen molar-refractivity contribution in [1.82, 2.24) is 4.58 Å². The lowest BCUT2D eigenvalue weighted by atomic mass is 10.4. The minimum Gasteiger partial charge on any atom is -0.220 e. The SMILES string of the molecule is N#CCSc1cc(=[N+]2CCCC2)ss1. The van der Waals surface area contributed by atoms with Crippen LogP contribution in [0.1, 0.15) is 12.8 Å². The van der Waals surface area contributed by atoms with Gasteiger partial charge in [0.15, 0.2) is 0 Å². The van der Waals surface area contributed by atoms with Gasteiger partial charge in [-0.2, -0.15) is 5.26 Å². The predicted molar refractivity (Wildman–Crippen MR) is 62.8 cm³/mol. The molecule has 1 aliphatic heterocycles. The third-order valence-corrected chi connectivity index (χ3v) is 5.96. The van der Waals surface area contributed by atoms with Gasteiger partial charge < -0.3 is 0 Å². The fourth-order valence-corrected chi connectivity index (χ4v) is 5.03. The van der Waals surface area contributed by atoms with E-state index in [1.54, 1.807) is 22.1 Å². The standard InChI is InChI=1S/C9H11N2S3/c10-3-6-12-9-7-8(13-14-9)11-4-1-2-5-11/h7H,1-2,4-6H2/q+1. The summed E-state index contributed by atoms with van der Waals surface area (Å²) in [5, 5.41) is 8.47. The monoisotopic (exact) mass is 243 g/mol. The van der Waals surface area contributed by atoms with Crippen molar-refractivity contribution in [3.8, 4) is 6.07 Å². The van der Waals surface area contributed by atoms with Gasteiger partial charge in [0.05, 0.1) is 16.0 Å². The number of thioether (sulfide) groups is 1. The molecule has 0 radical (unpaired) electrons. The Hall–Kier alpha value is -0.310. The Balaban J connectivity index is 2.17. The number of hydrogen-bond acceptors (Lipinski definition) is 4. The first-order chi connectivity index (χ1) is 6.90. The van der Waals surface area contributed by atoms with Gasteiger partial charge in [-0.05, 0) is 10.3 Å². The molecule has 74 valence electrons. The van der Waals surface area contributed by atoms with Crippen molar-refractivity contribution < 1.29 is 0 Å². The van der Waals surface area contributed by atoms with Gasteiger partial charge >= 0.3 is 0 Å². The molecule has 1 aromatic heterocycles. The molecule has 2 heterocycles. The Labute approximate surface area is 94.9 Å². The van der Waals surface area contributed by atoms with E-state index < -0.39 is 0 Å². The summed E-state index contributed by atoms with van der Waals surface area (Å²) < 4.78 is 5.10. The van der Waals surface area contributed by atoms with Crippen molar-refractivity contribution in [2.24, 2.45) is 0 Å². The summed E-state index contributed by atoms with van der Waals surface area (Å²) >= 11 is 1.64. The molecule has 14 heavy (non-hydrogen) atoms. The van der Waals surface area contributed by atoms with Gasteiger partial charge in [0, 0.05) is 18.9 Å². The van der Waals surface area contributed by atoms with E-state index in [-0.39, 0.29) is 0 Å². The lowest BCUT2D eigenvalue weighted by molar-refractivity contribution is 0.705. The van der Waals surface area contributed by atoms with Crippen LogP contribution in [0.4, 0.5) is 0 Å². The van der Waals surface area contributed by atoms with E-state index in [1.807, 2.05) is 10.3 Å². The molecular weight excluding hydrogens is 232 g/mol. The molecular formula is C9H11N2S3+. The highest BCUT2D eigenvalue weighted by Crippen LogP contribution is 2.23. The summed E-state index contributed by atoms with van der Waals surface area (Å²) in [6.45, 7) is 2.41. The van der Waals surface area contributed by atoms with Gasteiger partial charge in [0.25, 0.3) is 4.67 Å². The van der Waals surface area contributed by atoms with Crippen molar-refractivity contribution in [3.63, 3.8) is 0 Å². The Morgan fingerprint density at radius 1 is 1.43 bits per heavy atom. The van der Waals surface area contributed by atoms with Gasteiger partial charge in [-0.25, -0.2) is 4.58 Å². The molecule has 0 spiro atoms. The largest absolute Gasteiger partial charge is 0.268 e. The van der Waals surface area contributed by atoms with Crippen LogP contribution in [-0.2, 0) is 0 Å². The van der Waals surface area contributed by atoms with E-state index in [4.69, 9.17) is 5.26 Å². The molecule has 2 nitrogen and oxygen atoms in total. The Kier molecular flexibility index (Phi) is 3.62. The molecule has 0 bridgehead atoms. The fourth-order valence-electron chi connectivity index (χ4n) is 1.48. The van der Waals surface area contributed by atoms with Crippen LogP contribution in [0, 0.1) is 11.3 Å². The van der Waals surface area contributed by atoms with Gasteiger partial charge in [0.2, 0.25) is 0 Å². The maximum Gasteiger partial charge on any atom is 0.268 e. The Morgan fingerprint density at radius 2 is 2.21 bits per heavy atom. The molecule has 0 aliphatic carbocycles. The summed E-state index contributed by atoms with van der Waals surface area (Å²) in [5.74, 6) is 0.562. The summed E-state index contributed by atoms with van der Waals surface area (Å²) in [7, 11) is 3.62. The van der Waals surface area contributed by atoms with E-state index >= 15 is 0 Å². The van der Waals surface area contributed by atoms with E-state index in [9.17, 15) is 0 Å². The molecule has 0 aromatic carbocycles. The Bertz CT molecular complexity index is 402. The van der Waals surface area contributed by atoms with Crippen molar-refractivity contribution in [1.29, 1.82) is 5.26 Å². The van der Waals surface area contributed by atoms with E-state index in [0.717, 1.165) is 0 Å². The normalized spacial score (nSPS) is 15.8. The van der Waals surface area contributed by atoms with Crippen LogP contribution >= 0.6 is 32.4 Å². The summed E-state index contributed by atoms with van der Waals surface area (Å²) in [6, 6.07) is 4.38. The Morgan fingerprint density at radius 3 is 2.93 bits per heavy atom. The van der Waals surface area contributed by atoms with E-state index in [0.29, 0.717) is 5.75 Å². The number of nitriles is 1. The second-order valence-electron chi connectivity index (χ2n) is 3.11. The van der Waals surface area contributed by atoms with Crippen LogP contribution in [0.5, 0.6) is 0 Å². The number of nitrogens with zero attached hydrogens (tertiary/aromatic N) is 2. The lowest BCUT2D eigenvalue weighted by Gasteiger charge is -1.86. The highest BCUT2D eigenvalue weighted by molar-refractivity contribution is 8.02. The van der Waals surface area contributed by atoms with Crippen LogP contribution in [0.3, 0.4) is 0 Å². The first kappa shape index (κ1) is 10.2. The second-order valence-corrected chi connectivity index (χ2v) is 6.58. The van der Waals surface area contributed by atoms with Crippen LogP contribution in [0.2, 0.25) is 0 Å². The van der Waals surface area contributed by atoms with Crippen LogP contribution in [-0.4, -0.2) is 18.8 Å². The van der Waals surface area contributed by atoms with Gasteiger partial charge in [-0.3, -0.25) is 0 Å². The van der Waals surface area contributed by atoms with Gasteiger partial charge in [-0.15, -0.1) is 0 Å². The third-order valence-electron chi connectivity index (χ3n) is 2.15.